The van der Waals surface area contributed by atoms with Crippen LogP contribution < -0.4 is 10.2 Å². The van der Waals surface area contributed by atoms with Crippen LogP contribution in [-0.4, -0.2) is 23.0 Å². The lowest BCUT2D eigenvalue weighted by Crippen LogP contribution is -2.39. The molecule has 5 nitrogen and oxygen atoms in total. The molecule has 0 fully saturated rings. The molecular formula is C24H18F6N2O3. The topological polar surface area (TPSA) is 69.6 Å². The molecule has 0 radical (unpaired) electrons. The number of carbonyl (C=O) groups excluding carboxylic acids is 2. The van der Waals surface area contributed by atoms with Gasteiger partial charge >= 0.3 is 0 Å². The van der Waals surface area contributed by atoms with Crippen LogP contribution in [-0.2, 0) is 11.3 Å². The number of rotatable bonds is 7. The number of halogens is 6. The van der Waals surface area contributed by atoms with E-state index in [4.69, 9.17) is 0 Å². The van der Waals surface area contributed by atoms with Gasteiger partial charge in [-0.25, -0.2) is 26.3 Å². The van der Waals surface area contributed by atoms with Gasteiger partial charge in [0.25, 0.3) is 11.8 Å². The van der Waals surface area contributed by atoms with Gasteiger partial charge in [0, 0.05) is 0 Å². The highest BCUT2D eigenvalue weighted by Gasteiger charge is 2.31. The molecule has 0 aliphatic rings. The van der Waals surface area contributed by atoms with Crippen molar-refractivity contribution in [2.24, 2.45) is 0 Å². The number of anilines is 2. The van der Waals surface area contributed by atoms with E-state index in [-0.39, 0.29) is 24.3 Å². The van der Waals surface area contributed by atoms with E-state index < -0.39 is 58.4 Å². The minimum absolute atomic E-state index is 0.00825. The van der Waals surface area contributed by atoms with Crippen LogP contribution in [0.5, 0.6) is 0 Å². The molecule has 2 amide bonds. The van der Waals surface area contributed by atoms with Gasteiger partial charge in [0.15, 0.2) is 23.3 Å². The minimum Gasteiger partial charge on any atom is -0.383 e. The van der Waals surface area contributed by atoms with Crippen LogP contribution in [0, 0.1) is 34.9 Å². The highest BCUT2D eigenvalue weighted by molar-refractivity contribution is 6.08. The van der Waals surface area contributed by atoms with Gasteiger partial charge in [-0.3, -0.25) is 9.59 Å². The van der Waals surface area contributed by atoms with Gasteiger partial charge in [0.1, 0.15) is 17.5 Å². The van der Waals surface area contributed by atoms with Crippen molar-refractivity contribution in [2.45, 2.75) is 26.0 Å². The van der Waals surface area contributed by atoms with E-state index >= 15 is 0 Å². The quantitative estimate of drug-likeness (QED) is 0.273. The largest absolute Gasteiger partial charge is 0.383 e. The SMILES string of the molecule is CCC(O)C(=O)N(Cc1ccccc1)c1cc(F)ccc1NC(=O)c1c(F)c(F)c(F)c(F)c1F. The normalized spacial score (nSPS) is 11.8. The molecule has 0 aromatic heterocycles. The lowest BCUT2D eigenvalue weighted by molar-refractivity contribution is -0.126. The van der Waals surface area contributed by atoms with Gasteiger partial charge in [0.2, 0.25) is 5.82 Å². The number of nitrogens with zero attached hydrogens (tertiary/aromatic N) is 1. The first-order valence-corrected chi connectivity index (χ1v) is 10.2. The first kappa shape index (κ1) is 25.8. The van der Waals surface area contributed by atoms with E-state index in [9.17, 15) is 41.0 Å². The van der Waals surface area contributed by atoms with Gasteiger partial charge in [-0.05, 0) is 30.2 Å². The summed E-state index contributed by atoms with van der Waals surface area (Å²) in [7, 11) is 0. The summed E-state index contributed by atoms with van der Waals surface area (Å²) in [5.74, 6) is -15.3. The smallest absolute Gasteiger partial charge is 0.261 e. The molecule has 3 rings (SSSR count). The fraction of sp³-hybridized carbons (Fsp3) is 0.167. The average Bonchev–Trinajstić information content (AvgIpc) is 2.85. The number of amides is 2. The fourth-order valence-corrected chi connectivity index (χ4v) is 3.23. The standard InChI is InChI=1S/C24H18F6N2O3/c1-2-16(33)24(35)32(11-12-6-4-3-5-7-12)15-10-13(25)8-9-14(15)31-23(34)17-18(26)20(28)22(30)21(29)19(17)27/h3-10,16,33H,2,11H2,1H3,(H,31,34). The molecular weight excluding hydrogens is 478 g/mol. The summed E-state index contributed by atoms with van der Waals surface area (Å²) in [6.45, 7) is 1.31. The number of hydrogen-bond acceptors (Lipinski definition) is 3. The van der Waals surface area contributed by atoms with E-state index in [1.54, 1.807) is 30.3 Å². The Morgan fingerprint density at radius 1 is 0.886 bits per heavy atom. The lowest BCUT2D eigenvalue weighted by atomic mass is 10.1. The van der Waals surface area contributed by atoms with Crippen molar-refractivity contribution in [3.8, 4) is 0 Å². The van der Waals surface area contributed by atoms with Crippen molar-refractivity contribution in [3.05, 3.63) is 94.6 Å². The zero-order valence-electron chi connectivity index (χ0n) is 18.1. The molecule has 2 N–H and O–H groups in total. The second-order valence-corrected chi connectivity index (χ2v) is 7.39. The Morgan fingerprint density at radius 3 is 2.03 bits per heavy atom. The predicted octanol–water partition coefficient (Wildman–Crippen LogP) is 5.08. The number of aliphatic hydroxyl groups excluding tert-OH is 1. The van der Waals surface area contributed by atoms with Crippen LogP contribution in [0.3, 0.4) is 0 Å². The second kappa shape index (κ2) is 10.6. The maximum absolute atomic E-state index is 14.2. The van der Waals surface area contributed by atoms with E-state index in [0.29, 0.717) is 5.56 Å². The fourth-order valence-electron chi connectivity index (χ4n) is 3.23. The molecule has 1 unspecified atom stereocenters. The maximum atomic E-state index is 14.2. The molecule has 35 heavy (non-hydrogen) atoms. The van der Waals surface area contributed by atoms with Crippen LogP contribution >= 0.6 is 0 Å². The van der Waals surface area contributed by atoms with Crippen LogP contribution in [0.15, 0.2) is 48.5 Å². The predicted molar refractivity (Wildman–Crippen MR) is 115 cm³/mol. The van der Waals surface area contributed by atoms with Crippen LogP contribution in [0.2, 0.25) is 0 Å². The molecule has 3 aromatic carbocycles. The molecule has 184 valence electrons. The molecule has 0 bridgehead atoms. The van der Waals surface area contributed by atoms with E-state index in [1.807, 2.05) is 5.32 Å². The number of nitrogens with one attached hydrogen (secondary N) is 1. The van der Waals surface area contributed by atoms with Gasteiger partial charge in [-0.1, -0.05) is 37.3 Å². The van der Waals surface area contributed by atoms with Crippen molar-refractivity contribution in [1.82, 2.24) is 0 Å². The zero-order valence-corrected chi connectivity index (χ0v) is 18.1. The Morgan fingerprint density at radius 2 is 1.46 bits per heavy atom. The first-order chi connectivity index (χ1) is 16.6. The monoisotopic (exact) mass is 496 g/mol. The third kappa shape index (κ3) is 5.29. The summed E-state index contributed by atoms with van der Waals surface area (Å²) in [6, 6.07) is 10.9. The number of hydrogen-bond donors (Lipinski definition) is 2. The molecule has 0 aliphatic carbocycles. The van der Waals surface area contributed by atoms with Gasteiger partial charge in [-0.2, -0.15) is 0 Å². The Hall–Kier alpha value is -3.86. The van der Waals surface area contributed by atoms with Crippen molar-refractivity contribution in [2.75, 3.05) is 10.2 Å². The van der Waals surface area contributed by atoms with Gasteiger partial charge in [-0.15, -0.1) is 0 Å². The molecule has 0 heterocycles. The number of aliphatic hydroxyl groups is 1. The highest BCUT2D eigenvalue weighted by atomic mass is 19.2. The molecule has 0 aliphatic heterocycles. The summed E-state index contributed by atoms with van der Waals surface area (Å²) in [5, 5.41) is 12.1. The Kier molecular flexibility index (Phi) is 7.80. The van der Waals surface area contributed by atoms with Crippen molar-refractivity contribution < 1.29 is 41.0 Å². The van der Waals surface area contributed by atoms with Gasteiger partial charge < -0.3 is 15.3 Å². The molecule has 11 heteroatoms. The van der Waals surface area contributed by atoms with Crippen LogP contribution in [0.4, 0.5) is 37.7 Å². The average molecular weight is 496 g/mol. The Labute approximate surface area is 195 Å². The van der Waals surface area contributed by atoms with Crippen LogP contribution in [0.25, 0.3) is 0 Å². The van der Waals surface area contributed by atoms with Crippen molar-refractivity contribution in [3.63, 3.8) is 0 Å². The summed E-state index contributed by atoms with van der Waals surface area (Å²) in [5.41, 5.74) is -1.91. The summed E-state index contributed by atoms with van der Waals surface area (Å²) < 4.78 is 82.8. The summed E-state index contributed by atoms with van der Waals surface area (Å²) in [6.07, 6.45) is -1.52. The first-order valence-electron chi connectivity index (χ1n) is 10.2. The number of benzene rings is 3. The molecule has 0 saturated heterocycles. The van der Waals surface area contributed by atoms with Crippen molar-refractivity contribution in [1.29, 1.82) is 0 Å². The zero-order chi connectivity index (χ0) is 25.9. The molecule has 0 spiro atoms. The molecule has 3 aromatic rings. The highest BCUT2D eigenvalue weighted by Crippen LogP contribution is 2.31. The third-order valence-corrected chi connectivity index (χ3v) is 5.06. The second-order valence-electron chi connectivity index (χ2n) is 7.39. The third-order valence-electron chi connectivity index (χ3n) is 5.06. The maximum Gasteiger partial charge on any atom is 0.261 e. The van der Waals surface area contributed by atoms with Crippen molar-refractivity contribution >= 4 is 23.2 Å². The minimum atomic E-state index is -2.44. The van der Waals surface area contributed by atoms with Crippen LogP contribution in [0.1, 0.15) is 29.3 Å². The summed E-state index contributed by atoms with van der Waals surface area (Å²) in [4.78, 5) is 26.4. The van der Waals surface area contributed by atoms with Gasteiger partial charge in [0.05, 0.1) is 17.9 Å². The lowest BCUT2D eigenvalue weighted by Gasteiger charge is -2.27. The molecule has 0 saturated carbocycles. The Bertz CT molecular complexity index is 1240. The summed E-state index contributed by atoms with van der Waals surface area (Å²) >= 11 is 0. The van der Waals surface area contributed by atoms with E-state index in [1.165, 1.54) is 6.92 Å². The Balaban J connectivity index is 2.09. The number of carbonyl (C=O) groups is 2. The molecule has 1 atom stereocenters. The van der Waals surface area contributed by atoms with E-state index in [2.05, 4.69) is 0 Å². The van der Waals surface area contributed by atoms with E-state index in [0.717, 1.165) is 23.1 Å².